The van der Waals surface area contributed by atoms with Gasteiger partial charge in [-0.2, -0.15) is 0 Å². The van der Waals surface area contributed by atoms with E-state index in [1.165, 1.54) is 0 Å². The van der Waals surface area contributed by atoms with Gasteiger partial charge in [-0.05, 0) is 32.6 Å². The quantitative estimate of drug-likeness (QED) is 0.363. The summed E-state index contributed by atoms with van der Waals surface area (Å²) in [6.07, 6.45) is 6.63. The molecule has 0 aliphatic heterocycles. The molecule has 0 heterocycles. The average Bonchev–Trinajstić information content (AvgIpc) is 2.57. The second-order valence-corrected chi connectivity index (χ2v) is 8.03. The van der Waals surface area contributed by atoms with Crippen molar-refractivity contribution in [3.8, 4) is 0 Å². The van der Waals surface area contributed by atoms with Gasteiger partial charge in [0.1, 0.15) is 0 Å². The molecule has 3 unspecified atom stereocenters. The third-order valence-electron chi connectivity index (χ3n) is 4.12. The number of rotatable bonds is 10. The summed E-state index contributed by atoms with van der Waals surface area (Å²) < 4.78 is 17.6. The molecule has 0 amide bonds. The number of guanidine groups is 1. The lowest BCUT2D eigenvalue weighted by atomic mass is 9.95. The van der Waals surface area contributed by atoms with E-state index in [0.717, 1.165) is 63.4 Å². The van der Waals surface area contributed by atoms with E-state index in [0.29, 0.717) is 24.4 Å². The fraction of sp³-hybridized carbons (Fsp3) is 0.941. The molecule has 1 aliphatic carbocycles. The highest BCUT2D eigenvalue weighted by molar-refractivity contribution is 7.85. The van der Waals surface area contributed by atoms with Crippen molar-refractivity contribution in [1.82, 2.24) is 10.6 Å². The van der Waals surface area contributed by atoms with Gasteiger partial charge >= 0.3 is 0 Å². The highest BCUT2D eigenvalue weighted by Crippen LogP contribution is 2.22. The second-order valence-electron chi connectivity index (χ2n) is 6.03. The van der Waals surface area contributed by atoms with E-state index in [1.54, 1.807) is 0 Å². The Hall–Kier alpha value is -0.620. The van der Waals surface area contributed by atoms with Crippen molar-refractivity contribution >= 4 is 16.8 Å². The molecule has 0 aromatic carbocycles. The number of ether oxygens (including phenoxy) is 1. The van der Waals surface area contributed by atoms with Crippen molar-refractivity contribution < 1.29 is 8.95 Å². The molecular formula is C17H35N3O2S. The van der Waals surface area contributed by atoms with Crippen LogP contribution in [0.3, 0.4) is 0 Å². The molecule has 0 radical (unpaired) electrons. The number of aliphatic imine (C=N–C) groups is 1. The molecule has 1 rings (SSSR count). The topological polar surface area (TPSA) is 62.7 Å². The summed E-state index contributed by atoms with van der Waals surface area (Å²) in [6, 6.07) is 0.378. The maximum atomic E-state index is 12.0. The number of nitrogens with zero attached hydrogens (tertiary/aromatic N) is 1. The van der Waals surface area contributed by atoms with Crippen molar-refractivity contribution in [1.29, 1.82) is 0 Å². The van der Waals surface area contributed by atoms with Crippen LogP contribution in [0.25, 0.3) is 0 Å². The molecule has 6 heteroatoms. The van der Waals surface area contributed by atoms with Crippen molar-refractivity contribution in [2.24, 2.45) is 4.99 Å². The summed E-state index contributed by atoms with van der Waals surface area (Å²) in [6.45, 7) is 9.27. The van der Waals surface area contributed by atoms with Crippen molar-refractivity contribution in [2.45, 2.75) is 70.6 Å². The van der Waals surface area contributed by atoms with Crippen molar-refractivity contribution in [2.75, 3.05) is 32.1 Å². The maximum Gasteiger partial charge on any atom is 0.191 e. The summed E-state index contributed by atoms with van der Waals surface area (Å²) >= 11 is 0. The predicted molar refractivity (Wildman–Crippen MR) is 99.6 cm³/mol. The van der Waals surface area contributed by atoms with Gasteiger partial charge in [0.25, 0.3) is 0 Å². The number of hydrogen-bond donors (Lipinski definition) is 2. The van der Waals surface area contributed by atoms with Crippen LogP contribution in [0.2, 0.25) is 0 Å². The number of unbranched alkanes of at least 4 members (excludes halogenated alkanes) is 1. The highest BCUT2D eigenvalue weighted by Gasteiger charge is 2.25. The molecule has 2 N–H and O–H groups in total. The SMILES string of the molecule is CCCCOCCN=C(NCC)NC1CCCC(S(=O)CC)C1. The van der Waals surface area contributed by atoms with E-state index in [-0.39, 0.29) is 0 Å². The minimum Gasteiger partial charge on any atom is -0.380 e. The standard InChI is InChI=1S/C17H35N3O2S/c1-4-7-12-22-13-11-19-17(18-5-2)20-15-9-8-10-16(14-15)23(21)6-3/h15-16H,4-14H2,1-3H3,(H2,18,19,20). The van der Waals surface area contributed by atoms with Crippen molar-refractivity contribution in [3.05, 3.63) is 0 Å². The molecule has 5 nitrogen and oxygen atoms in total. The lowest BCUT2D eigenvalue weighted by Crippen LogP contribution is -2.46. The first-order chi connectivity index (χ1) is 11.2. The number of nitrogens with one attached hydrogen (secondary N) is 2. The van der Waals surface area contributed by atoms with Gasteiger partial charge in [0.15, 0.2) is 5.96 Å². The Kier molecular flexibility index (Phi) is 11.3. The van der Waals surface area contributed by atoms with Crippen LogP contribution in [-0.4, -0.2) is 53.5 Å². The summed E-state index contributed by atoms with van der Waals surface area (Å²) in [5.41, 5.74) is 0. The Morgan fingerprint density at radius 2 is 2.09 bits per heavy atom. The molecule has 23 heavy (non-hydrogen) atoms. The van der Waals surface area contributed by atoms with Crippen LogP contribution in [0.5, 0.6) is 0 Å². The van der Waals surface area contributed by atoms with Crippen LogP contribution in [0, 0.1) is 0 Å². The second kappa shape index (κ2) is 12.8. The molecule has 136 valence electrons. The zero-order valence-electron chi connectivity index (χ0n) is 15.1. The van der Waals surface area contributed by atoms with E-state index >= 15 is 0 Å². The average molecular weight is 346 g/mol. The fourth-order valence-corrected chi connectivity index (χ4v) is 4.18. The van der Waals surface area contributed by atoms with E-state index in [1.807, 2.05) is 6.92 Å². The first kappa shape index (κ1) is 20.4. The Balaban J connectivity index is 2.39. The van der Waals surface area contributed by atoms with Crippen LogP contribution < -0.4 is 10.6 Å². The third-order valence-corrected chi connectivity index (χ3v) is 5.86. The molecule has 0 bridgehead atoms. The Morgan fingerprint density at radius 1 is 1.26 bits per heavy atom. The molecule has 1 fully saturated rings. The monoisotopic (exact) mass is 345 g/mol. The van der Waals surface area contributed by atoms with Gasteiger partial charge in [-0.1, -0.05) is 26.7 Å². The zero-order chi connectivity index (χ0) is 16.9. The molecular weight excluding hydrogens is 310 g/mol. The lowest BCUT2D eigenvalue weighted by molar-refractivity contribution is 0.138. The maximum absolute atomic E-state index is 12.0. The largest absolute Gasteiger partial charge is 0.380 e. The first-order valence-electron chi connectivity index (χ1n) is 9.20. The van der Waals surface area contributed by atoms with E-state index in [9.17, 15) is 4.21 Å². The van der Waals surface area contributed by atoms with Crippen LogP contribution in [0.15, 0.2) is 4.99 Å². The zero-order valence-corrected chi connectivity index (χ0v) is 15.9. The molecule has 1 saturated carbocycles. The molecule has 3 atom stereocenters. The molecule has 0 saturated heterocycles. The van der Waals surface area contributed by atoms with Gasteiger partial charge < -0.3 is 15.4 Å². The first-order valence-corrected chi connectivity index (χ1v) is 10.6. The Morgan fingerprint density at radius 3 is 2.78 bits per heavy atom. The van der Waals surface area contributed by atoms with Gasteiger partial charge in [-0.3, -0.25) is 9.20 Å². The third kappa shape index (κ3) is 8.70. The van der Waals surface area contributed by atoms with Crippen LogP contribution >= 0.6 is 0 Å². The van der Waals surface area contributed by atoms with Crippen LogP contribution in [0.4, 0.5) is 0 Å². The van der Waals surface area contributed by atoms with Gasteiger partial charge in [0, 0.05) is 41.0 Å². The number of hydrogen-bond acceptors (Lipinski definition) is 3. The highest BCUT2D eigenvalue weighted by atomic mass is 32.2. The van der Waals surface area contributed by atoms with Crippen LogP contribution in [0.1, 0.15) is 59.3 Å². The summed E-state index contributed by atoms with van der Waals surface area (Å²) in [5, 5.41) is 7.15. The van der Waals surface area contributed by atoms with Gasteiger partial charge in [-0.15, -0.1) is 0 Å². The summed E-state index contributed by atoms with van der Waals surface area (Å²) in [7, 11) is -0.683. The Labute approximate surface area is 144 Å². The lowest BCUT2D eigenvalue weighted by Gasteiger charge is -2.30. The Bertz CT molecular complexity index is 364. The molecule has 0 aromatic heterocycles. The van der Waals surface area contributed by atoms with Gasteiger partial charge in [0.05, 0.1) is 13.2 Å². The van der Waals surface area contributed by atoms with Gasteiger partial charge in [0.2, 0.25) is 0 Å². The molecule has 0 aromatic rings. The summed E-state index contributed by atoms with van der Waals surface area (Å²) in [5.74, 6) is 1.63. The smallest absolute Gasteiger partial charge is 0.191 e. The predicted octanol–water partition coefficient (Wildman–Crippen LogP) is 2.44. The van der Waals surface area contributed by atoms with E-state index < -0.39 is 10.8 Å². The fourth-order valence-electron chi connectivity index (χ4n) is 2.83. The van der Waals surface area contributed by atoms with Gasteiger partial charge in [-0.25, -0.2) is 0 Å². The van der Waals surface area contributed by atoms with Crippen molar-refractivity contribution in [3.63, 3.8) is 0 Å². The minimum atomic E-state index is -0.683. The normalized spacial score (nSPS) is 23.5. The minimum absolute atomic E-state index is 0.339. The summed E-state index contributed by atoms with van der Waals surface area (Å²) in [4.78, 5) is 4.59. The van der Waals surface area contributed by atoms with Crippen LogP contribution in [-0.2, 0) is 15.5 Å². The van der Waals surface area contributed by atoms with E-state index in [2.05, 4.69) is 29.5 Å². The van der Waals surface area contributed by atoms with E-state index in [4.69, 9.17) is 4.74 Å². The molecule has 1 aliphatic rings. The molecule has 0 spiro atoms.